The van der Waals surface area contributed by atoms with E-state index in [0.717, 1.165) is 89.9 Å². The minimum absolute atomic E-state index is 0.0965. The lowest BCUT2D eigenvalue weighted by Crippen LogP contribution is -2.64. The van der Waals surface area contributed by atoms with Crippen molar-refractivity contribution < 1.29 is 58.3 Å². The number of aliphatic hydroxyl groups is 5. The van der Waals surface area contributed by atoms with Crippen LogP contribution < -0.4 is 0 Å². The molecule has 6 atom stereocenters. The largest absolute Gasteiger partial charge is 0.472 e. The third-order valence-corrected chi connectivity index (χ3v) is 13.3. The average Bonchev–Trinajstić information content (AvgIpc) is 3.39. The molecule has 1 saturated carbocycles. The number of phosphoric acid groups is 1. The summed E-state index contributed by atoms with van der Waals surface area (Å²) in [5.74, 6) is -0.540. The number of hydrogen-bond donors (Lipinski definition) is 6. The summed E-state index contributed by atoms with van der Waals surface area (Å²) in [5, 5.41) is 50.4. The van der Waals surface area contributed by atoms with Gasteiger partial charge in [0, 0.05) is 13.0 Å². The summed E-state index contributed by atoms with van der Waals surface area (Å²) in [7, 11) is -5.05. The predicted octanol–water partition coefficient (Wildman–Crippen LogP) is 13.8. The van der Waals surface area contributed by atoms with Crippen molar-refractivity contribution in [1.82, 2.24) is 0 Å². The van der Waals surface area contributed by atoms with Crippen LogP contribution in [0, 0.1) is 0 Å². The molecular formula is C61H101O12P. The van der Waals surface area contributed by atoms with E-state index in [2.05, 4.69) is 123 Å². The molecule has 422 valence electrons. The standard InChI is InChI=1S/C61H101O12P/c1-3-5-7-9-11-13-15-17-19-21-23-25-27-29-31-33-35-37-39-41-43-45-47-49-51-70-52-54(53-71-74(68,69)73-61-59(66)57(64)56(63)58(65)60(61)67)72-55(62)50-48-46-44-42-40-38-36-34-32-30-28-26-24-22-20-18-16-14-12-10-8-6-4-2/h6,8,12,14-15,17-18,20-21,23-24,26-27,29-30,32,36,38,42,44,54,56-61,63-67H,3-5,7,9-11,13,16,19,22,25,28,31,33-35,37,39-41,43,45-53H2,1-2H3,(H,68,69)/b8-6-,14-12-,17-15-,20-18-,23-21-,26-24-,29-27-,32-30-,38-36-,44-42-. The molecule has 6 N–H and O–H groups in total. The number of phosphoric ester groups is 1. The minimum Gasteiger partial charge on any atom is -0.457 e. The zero-order chi connectivity index (χ0) is 54.0. The van der Waals surface area contributed by atoms with Gasteiger partial charge in [0.2, 0.25) is 0 Å². The van der Waals surface area contributed by atoms with Crippen LogP contribution in [0.1, 0.15) is 194 Å². The molecule has 1 aliphatic carbocycles. The Morgan fingerprint density at radius 3 is 1.22 bits per heavy atom. The number of rotatable bonds is 47. The molecule has 1 fully saturated rings. The first-order chi connectivity index (χ1) is 36.0. The molecule has 0 aromatic heterocycles. The van der Waals surface area contributed by atoms with Gasteiger partial charge in [0.15, 0.2) is 0 Å². The van der Waals surface area contributed by atoms with E-state index in [1.807, 2.05) is 12.2 Å². The molecule has 0 aliphatic heterocycles. The fourth-order valence-electron chi connectivity index (χ4n) is 7.88. The quantitative estimate of drug-likeness (QED) is 0.0146. The lowest BCUT2D eigenvalue weighted by molar-refractivity contribution is -0.220. The van der Waals surface area contributed by atoms with Crippen molar-refractivity contribution in [3.63, 3.8) is 0 Å². The van der Waals surface area contributed by atoms with Crippen molar-refractivity contribution in [2.75, 3.05) is 19.8 Å². The van der Waals surface area contributed by atoms with Gasteiger partial charge >= 0.3 is 13.8 Å². The van der Waals surface area contributed by atoms with Gasteiger partial charge < -0.3 is 39.9 Å². The van der Waals surface area contributed by atoms with Crippen molar-refractivity contribution in [3.8, 4) is 0 Å². The Morgan fingerprint density at radius 1 is 0.446 bits per heavy atom. The Balaban J connectivity index is 2.37. The van der Waals surface area contributed by atoms with E-state index in [1.165, 1.54) is 70.6 Å². The summed E-state index contributed by atoms with van der Waals surface area (Å²) < 4.78 is 34.3. The molecule has 1 aliphatic rings. The fraction of sp³-hybridized carbons (Fsp3) is 0.656. The molecule has 1 rings (SSSR count). The predicted molar refractivity (Wildman–Crippen MR) is 303 cm³/mol. The average molecular weight is 1060 g/mol. The van der Waals surface area contributed by atoms with E-state index in [1.54, 1.807) is 0 Å². The van der Waals surface area contributed by atoms with E-state index in [4.69, 9.17) is 18.5 Å². The number of esters is 1. The van der Waals surface area contributed by atoms with Crippen LogP contribution in [0.15, 0.2) is 122 Å². The van der Waals surface area contributed by atoms with E-state index >= 15 is 0 Å². The second-order valence-electron chi connectivity index (χ2n) is 19.0. The Bertz CT molecular complexity index is 1680. The molecule has 0 bridgehead atoms. The van der Waals surface area contributed by atoms with Gasteiger partial charge in [-0.3, -0.25) is 13.8 Å². The van der Waals surface area contributed by atoms with E-state index in [9.17, 15) is 39.8 Å². The van der Waals surface area contributed by atoms with Gasteiger partial charge in [-0.15, -0.1) is 0 Å². The van der Waals surface area contributed by atoms with E-state index < -0.39 is 63.1 Å². The summed E-state index contributed by atoms with van der Waals surface area (Å²) in [6, 6.07) is 0. The lowest BCUT2D eigenvalue weighted by atomic mass is 9.85. The van der Waals surface area contributed by atoms with Gasteiger partial charge in [-0.1, -0.05) is 206 Å². The first-order valence-electron chi connectivity index (χ1n) is 28.4. The smallest absolute Gasteiger partial charge is 0.457 e. The number of aliphatic hydroxyl groups excluding tert-OH is 5. The summed E-state index contributed by atoms with van der Waals surface area (Å²) >= 11 is 0. The van der Waals surface area contributed by atoms with Gasteiger partial charge in [-0.25, -0.2) is 4.57 Å². The third-order valence-electron chi connectivity index (χ3n) is 12.3. The molecule has 0 saturated heterocycles. The fourth-order valence-corrected chi connectivity index (χ4v) is 8.85. The topological polar surface area (TPSA) is 192 Å². The van der Waals surface area contributed by atoms with Crippen LogP contribution in [0.3, 0.4) is 0 Å². The van der Waals surface area contributed by atoms with Crippen molar-refractivity contribution in [2.24, 2.45) is 0 Å². The summed E-state index contributed by atoms with van der Waals surface area (Å²) in [4.78, 5) is 23.3. The number of carbonyl (C=O) groups is 1. The molecule has 0 heterocycles. The maximum Gasteiger partial charge on any atom is 0.472 e. The molecule has 0 aromatic carbocycles. The van der Waals surface area contributed by atoms with Crippen LogP contribution in [0.25, 0.3) is 0 Å². The highest BCUT2D eigenvalue weighted by molar-refractivity contribution is 7.47. The van der Waals surface area contributed by atoms with Crippen LogP contribution in [0.4, 0.5) is 0 Å². The molecule has 0 aromatic rings. The monoisotopic (exact) mass is 1060 g/mol. The van der Waals surface area contributed by atoms with Crippen molar-refractivity contribution in [1.29, 1.82) is 0 Å². The van der Waals surface area contributed by atoms with Crippen LogP contribution >= 0.6 is 7.82 Å². The number of unbranched alkanes of at least 4 members (excludes halogenated alkanes) is 15. The maximum atomic E-state index is 12.9. The molecule has 0 amide bonds. The second-order valence-corrected chi connectivity index (χ2v) is 20.5. The maximum absolute atomic E-state index is 12.9. The Hall–Kier alpha value is -3.26. The summed E-state index contributed by atoms with van der Waals surface area (Å²) in [5.41, 5.74) is 0. The number of hydrogen-bond acceptors (Lipinski definition) is 11. The van der Waals surface area contributed by atoms with Crippen LogP contribution in [-0.2, 0) is 27.9 Å². The summed E-state index contributed by atoms with van der Waals surface area (Å²) in [6.07, 6.45) is 59.8. The lowest BCUT2D eigenvalue weighted by Gasteiger charge is -2.41. The Morgan fingerprint density at radius 2 is 0.797 bits per heavy atom. The molecule has 74 heavy (non-hydrogen) atoms. The Kier molecular flexibility index (Phi) is 45.8. The van der Waals surface area contributed by atoms with Gasteiger partial charge in [-0.2, -0.15) is 0 Å². The first-order valence-corrected chi connectivity index (χ1v) is 29.9. The van der Waals surface area contributed by atoms with Crippen LogP contribution in [-0.4, -0.2) is 98.9 Å². The second kappa shape index (κ2) is 49.3. The van der Waals surface area contributed by atoms with Crippen LogP contribution in [0.5, 0.6) is 0 Å². The van der Waals surface area contributed by atoms with Gasteiger partial charge in [0.1, 0.15) is 42.7 Å². The normalized spacial score (nSPS) is 21.4. The molecule has 0 spiro atoms. The van der Waals surface area contributed by atoms with Gasteiger partial charge in [0.25, 0.3) is 0 Å². The number of ether oxygens (including phenoxy) is 2. The van der Waals surface area contributed by atoms with Crippen molar-refractivity contribution in [2.45, 2.75) is 236 Å². The van der Waals surface area contributed by atoms with Crippen molar-refractivity contribution >= 4 is 13.8 Å². The van der Waals surface area contributed by atoms with Crippen molar-refractivity contribution in [3.05, 3.63) is 122 Å². The van der Waals surface area contributed by atoms with E-state index in [0.29, 0.717) is 19.4 Å². The third kappa shape index (κ3) is 40.1. The molecule has 12 nitrogen and oxygen atoms in total. The van der Waals surface area contributed by atoms with Gasteiger partial charge in [0.05, 0.1) is 13.2 Å². The highest BCUT2D eigenvalue weighted by Gasteiger charge is 2.51. The summed E-state index contributed by atoms with van der Waals surface area (Å²) in [6.45, 7) is 4.06. The highest BCUT2D eigenvalue weighted by atomic mass is 31.2. The zero-order valence-electron chi connectivity index (χ0n) is 45.6. The zero-order valence-corrected chi connectivity index (χ0v) is 46.5. The highest BCUT2D eigenvalue weighted by Crippen LogP contribution is 2.47. The van der Waals surface area contributed by atoms with Gasteiger partial charge in [-0.05, 0) is 103 Å². The number of allylic oxidation sites excluding steroid dienone is 20. The molecular weight excluding hydrogens is 956 g/mol. The first kappa shape index (κ1) is 68.8. The molecule has 0 radical (unpaired) electrons. The Labute approximate surface area is 448 Å². The SMILES string of the molecule is CC/C=C\C/C=C\C/C=C\C/C=C\C/C=C\C/C=C\C/C=C\CCCC(=O)OC(COCCCCCCCCCCC/C=C\C/C=C\C/C=C\CCCCCCC)COP(=O)(O)OC1C(O)C(O)C(O)C(O)C1O. The molecule has 6 unspecified atom stereocenters. The minimum atomic E-state index is -5.05. The van der Waals surface area contributed by atoms with Crippen LogP contribution in [0.2, 0.25) is 0 Å². The van der Waals surface area contributed by atoms with E-state index in [-0.39, 0.29) is 13.0 Å². The molecule has 13 heteroatoms. The number of carbonyl (C=O) groups excluding carboxylic acids is 1.